The second-order valence-corrected chi connectivity index (χ2v) is 4.50. The van der Waals surface area contributed by atoms with Crippen LogP contribution in [0.2, 0.25) is 0 Å². The molecule has 0 radical (unpaired) electrons. The highest BCUT2D eigenvalue weighted by atomic mass is 16.5. The van der Waals surface area contributed by atoms with Crippen molar-refractivity contribution in [2.75, 3.05) is 39.6 Å². The first kappa shape index (κ1) is 17.0. The second-order valence-electron chi connectivity index (χ2n) is 4.50. The number of aryl methyl sites for hydroxylation is 2. The number of aliphatic hydroxyl groups excluding tert-OH is 2. The molecule has 0 aromatic carbocycles. The number of nitrogens with zero attached hydrogens (tertiary/aromatic N) is 1. The van der Waals surface area contributed by atoms with Gasteiger partial charge < -0.3 is 19.7 Å². The van der Waals surface area contributed by atoms with Crippen LogP contribution in [-0.2, 0) is 22.3 Å². The van der Waals surface area contributed by atoms with Gasteiger partial charge in [0.25, 0.3) is 0 Å². The van der Waals surface area contributed by atoms with E-state index >= 15 is 0 Å². The Labute approximate surface area is 120 Å². The summed E-state index contributed by atoms with van der Waals surface area (Å²) in [5.74, 6) is 0. The van der Waals surface area contributed by atoms with Crippen LogP contribution in [0.4, 0.5) is 0 Å². The molecule has 0 bridgehead atoms. The van der Waals surface area contributed by atoms with Gasteiger partial charge in [-0.3, -0.25) is 4.98 Å². The van der Waals surface area contributed by atoms with Gasteiger partial charge in [0.2, 0.25) is 0 Å². The standard InChI is InChI=1S/C15H25NO4/c17-8-12-19-10-2-6-14-4-1-5-15(16-14)7-3-11-20-13-9-18/h1,4-5,17-18H,2-3,6-13H2. The van der Waals surface area contributed by atoms with E-state index in [1.54, 1.807) is 0 Å². The van der Waals surface area contributed by atoms with Crippen molar-refractivity contribution in [2.24, 2.45) is 0 Å². The monoisotopic (exact) mass is 283 g/mol. The molecule has 0 amide bonds. The summed E-state index contributed by atoms with van der Waals surface area (Å²) in [7, 11) is 0. The van der Waals surface area contributed by atoms with Crippen LogP contribution in [0, 0.1) is 0 Å². The fourth-order valence-corrected chi connectivity index (χ4v) is 1.85. The van der Waals surface area contributed by atoms with Crippen molar-refractivity contribution in [3.8, 4) is 0 Å². The Bertz CT molecular complexity index is 317. The minimum Gasteiger partial charge on any atom is -0.394 e. The molecule has 0 aliphatic carbocycles. The van der Waals surface area contributed by atoms with E-state index in [-0.39, 0.29) is 13.2 Å². The molecule has 0 fully saturated rings. The van der Waals surface area contributed by atoms with E-state index < -0.39 is 0 Å². The summed E-state index contributed by atoms with van der Waals surface area (Å²) in [5.41, 5.74) is 2.15. The maximum absolute atomic E-state index is 8.59. The van der Waals surface area contributed by atoms with Crippen LogP contribution >= 0.6 is 0 Å². The highest BCUT2D eigenvalue weighted by molar-refractivity contribution is 5.11. The fourth-order valence-electron chi connectivity index (χ4n) is 1.85. The third-order valence-corrected chi connectivity index (χ3v) is 2.78. The van der Waals surface area contributed by atoms with Crippen molar-refractivity contribution in [2.45, 2.75) is 25.7 Å². The van der Waals surface area contributed by atoms with E-state index in [2.05, 4.69) is 4.98 Å². The van der Waals surface area contributed by atoms with Crippen LogP contribution in [0.25, 0.3) is 0 Å². The maximum Gasteiger partial charge on any atom is 0.0697 e. The minimum absolute atomic E-state index is 0.0755. The van der Waals surface area contributed by atoms with Crippen molar-refractivity contribution >= 4 is 0 Å². The van der Waals surface area contributed by atoms with Crippen LogP contribution in [0.15, 0.2) is 18.2 Å². The number of aromatic nitrogens is 1. The summed E-state index contributed by atoms with van der Waals surface area (Å²) in [6, 6.07) is 6.08. The molecule has 5 nitrogen and oxygen atoms in total. The average Bonchev–Trinajstić information content (AvgIpc) is 2.47. The molecule has 0 unspecified atom stereocenters. The molecular formula is C15H25NO4. The largest absolute Gasteiger partial charge is 0.394 e. The zero-order valence-electron chi connectivity index (χ0n) is 12.0. The molecule has 1 aromatic heterocycles. The zero-order valence-corrected chi connectivity index (χ0v) is 12.0. The van der Waals surface area contributed by atoms with E-state index in [4.69, 9.17) is 19.7 Å². The van der Waals surface area contributed by atoms with Gasteiger partial charge >= 0.3 is 0 Å². The summed E-state index contributed by atoms with van der Waals surface area (Å²) >= 11 is 0. The average molecular weight is 283 g/mol. The first-order chi connectivity index (χ1) is 9.86. The normalized spacial score (nSPS) is 10.9. The summed E-state index contributed by atoms with van der Waals surface area (Å²) < 4.78 is 10.4. The predicted molar refractivity (Wildman–Crippen MR) is 76.7 cm³/mol. The lowest BCUT2D eigenvalue weighted by atomic mass is 10.1. The lowest BCUT2D eigenvalue weighted by Crippen LogP contribution is -2.04. The Hall–Kier alpha value is -1.01. The van der Waals surface area contributed by atoms with Gasteiger partial charge in [-0.25, -0.2) is 0 Å². The van der Waals surface area contributed by atoms with E-state index in [1.165, 1.54) is 0 Å². The first-order valence-corrected chi connectivity index (χ1v) is 7.19. The quantitative estimate of drug-likeness (QED) is 0.559. The van der Waals surface area contributed by atoms with E-state index in [1.807, 2.05) is 18.2 Å². The fraction of sp³-hybridized carbons (Fsp3) is 0.667. The van der Waals surface area contributed by atoms with Crippen molar-refractivity contribution in [1.29, 1.82) is 0 Å². The Morgan fingerprint density at radius 2 is 1.30 bits per heavy atom. The molecule has 2 N–H and O–H groups in total. The van der Waals surface area contributed by atoms with Crippen molar-refractivity contribution in [1.82, 2.24) is 4.98 Å². The molecule has 114 valence electrons. The van der Waals surface area contributed by atoms with Crippen LogP contribution in [0.5, 0.6) is 0 Å². The summed E-state index contributed by atoms with van der Waals surface area (Å²) in [5, 5.41) is 17.2. The van der Waals surface area contributed by atoms with Crippen molar-refractivity contribution in [3.05, 3.63) is 29.6 Å². The van der Waals surface area contributed by atoms with E-state index in [0.29, 0.717) is 26.4 Å². The second kappa shape index (κ2) is 11.8. The van der Waals surface area contributed by atoms with Gasteiger partial charge in [0.15, 0.2) is 0 Å². The van der Waals surface area contributed by atoms with E-state index in [0.717, 1.165) is 37.1 Å². The van der Waals surface area contributed by atoms with Crippen LogP contribution in [0.1, 0.15) is 24.2 Å². The number of rotatable bonds is 12. The van der Waals surface area contributed by atoms with Crippen LogP contribution in [0.3, 0.4) is 0 Å². The molecular weight excluding hydrogens is 258 g/mol. The lowest BCUT2D eigenvalue weighted by molar-refractivity contribution is 0.0905. The lowest BCUT2D eigenvalue weighted by Gasteiger charge is -2.06. The molecule has 20 heavy (non-hydrogen) atoms. The van der Waals surface area contributed by atoms with Crippen molar-refractivity contribution in [3.63, 3.8) is 0 Å². The van der Waals surface area contributed by atoms with Gasteiger partial charge in [-0.1, -0.05) is 6.07 Å². The smallest absolute Gasteiger partial charge is 0.0697 e. The molecule has 1 aromatic rings. The Morgan fingerprint density at radius 1 is 0.800 bits per heavy atom. The van der Waals surface area contributed by atoms with Gasteiger partial charge in [-0.2, -0.15) is 0 Å². The van der Waals surface area contributed by atoms with Crippen LogP contribution in [-0.4, -0.2) is 54.8 Å². The SMILES string of the molecule is OCCOCCCc1cccc(CCCOCCO)n1. The number of aliphatic hydroxyl groups is 2. The van der Waals surface area contributed by atoms with Crippen LogP contribution < -0.4 is 0 Å². The molecule has 0 aliphatic rings. The van der Waals surface area contributed by atoms with Gasteiger partial charge in [0.1, 0.15) is 0 Å². The van der Waals surface area contributed by atoms with Gasteiger partial charge in [-0.15, -0.1) is 0 Å². The number of hydrogen-bond acceptors (Lipinski definition) is 5. The molecule has 1 heterocycles. The van der Waals surface area contributed by atoms with Gasteiger partial charge in [0, 0.05) is 24.6 Å². The topological polar surface area (TPSA) is 71.8 Å². The zero-order chi connectivity index (χ0) is 14.5. The van der Waals surface area contributed by atoms with Gasteiger partial charge in [0.05, 0.1) is 26.4 Å². The highest BCUT2D eigenvalue weighted by Crippen LogP contribution is 2.05. The Balaban J connectivity index is 2.19. The molecule has 0 atom stereocenters. The summed E-state index contributed by atoms with van der Waals surface area (Å²) in [6.07, 6.45) is 3.60. The maximum atomic E-state index is 8.59. The van der Waals surface area contributed by atoms with Gasteiger partial charge in [-0.05, 0) is 37.8 Å². The Morgan fingerprint density at radius 3 is 1.75 bits per heavy atom. The number of pyridine rings is 1. The third kappa shape index (κ3) is 8.22. The molecule has 0 saturated carbocycles. The summed E-state index contributed by atoms with van der Waals surface area (Å²) in [4.78, 5) is 4.60. The Kier molecular flexibility index (Phi) is 10.0. The predicted octanol–water partition coefficient (Wildman–Crippen LogP) is 0.965. The molecule has 0 spiro atoms. The molecule has 0 saturated heterocycles. The van der Waals surface area contributed by atoms with Crippen molar-refractivity contribution < 1.29 is 19.7 Å². The first-order valence-electron chi connectivity index (χ1n) is 7.19. The number of hydrogen-bond donors (Lipinski definition) is 2. The highest BCUT2D eigenvalue weighted by Gasteiger charge is 1.99. The summed E-state index contributed by atoms with van der Waals surface area (Å²) in [6.45, 7) is 2.27. The molecule has 0 aliphatic heterocycles. The third-order valence-electron chi connectivity index (χ3n) is 2.78. The number of ether oxygens (including phenoxy) is 2. The molecule has 1 rings (SSSR count). The minimum atomic E-state index is 0.0755. The molecule has 5 heteroatoms. The van der Waals surface area contributed by atoms with E-state index in [9.17, 15) is 0 Å².